The number of aliphatic hydroxyl groups excluding tert-OH is 1. The molecule has 1 fully saturated rings. The molecule has 0 aromatic heterocycles. The van der Waals surface area contributed by atoms with Crippen molar-refractivity contribution in [1.82, 2.24) is 0 Å². The number of rotatable bonds is 0. The highest BCUT2D eigenvalue weighted by Crippen LogP contribution is 2.55. The van der Waals surface area contributed by atoms with Gasteiger partial charge in [-0.2, -0.15) is 0 Å². The fourth-order valence-corrected chi connectivity index (χ4v) is 3.99. The van der Waals surface area contributed by atoms with Gasteiger partial charge in [-0.25, -0.2) is 0 Å². The zero-order valence-corrected chi connectivity index (χ0v) is 11.2. The molecular weight excluding hydrogens is 196 g/mol. The fourth-order valence-electron chi connectivity index (χ4n) is 3.99. The molecule has 1 N–H and O–H groups in total. The van der Waals surface area contributed by atoms with Crippen molar-refractivity contribution in [2.24, 2.45) is 16.7 Å². The van der Waals surface area contributed by atoms with Crippen molar-refractivity contribution in [1.29, 1.82) is 0 Å². The maximum atomic E-state index is 10.7. The molecule has 1 nitrogen and oxygen atoms in total. The van der Waals surface area contributed by atoms with Crippen LogP contribution in [0.15, 0.2) is 11.6 Å². The van der Waals surface area contributed by atoms with Gasteiger partial charge in [0.1, 0.15) is 0 Å². The first-order valence-electron chi connectivity index (χ1n) is 6.72. The molecule has 0 bridgehead atoms. The van der Waals surface area contributed by atoms with Gasteiger partial charge >= 0.3 is 0 Å². The normalized spacial score (nSPS) is 43.2. The van der Waals surface area contributed by atoms with E-state index in [0.717, 1.165) is 6.42 Å². The third kappa shape index (κ3) is 1.73. The van der Waals surface area contributed by atoms with Crippen LogP contribution in [0.5, 0.6) is 0 Å². The number of hydrogen-bond donors (Lipinski definition) is 1. The lowest BCUT2D eigenvalue weighted by Crippen LogP contribution is -2.52. The Bertz CT molecular complexity index is 303. The van der Waals surface area contributed by atoms with Crippen molar-refractivity contribution in [2.45, 2.75) is 65.9 Å². The van der Waals surface area contributed by atoms with Crippen molar-refractivity contribution >= 4 is 0 Å². The summed E-state index contributed by atoms with van der Waals surface area (Å²) < 4.78 is 0. The quantitative estimate of drug-likeness (QED) is 0.616. The number of allylic oxidation sites excluding steroid dienone is 2. The molecule has 2 rings (SSSR count). The molecule has 0 radical (unpaired) electrons. The lowest BCUT2D eigenvalue weighted by Gasteiger charge is -2.54. The first-order chi connectivity index (χ1) is 7.38. The van der Waals surface area contributed by atoms with Gasteiger partial charge in [0.2, 0.25) is 0 Å². The van der Waals surface area contributed by atoms with Crippen molar-refractivity contribution < 1.29 is 5.11 Å². The maximum Gasteiger partial charge on any atom is 0.0652 e. The van der Waals surface area contributed by atoms with Crippen LogP contribution >= 0.6 is 0 Å². The predicted octanol–water partition coefficient (Wildman–Crippen LogP) is 3.92. The van der Waals surface area contributed by atoms with Gasteiger partial charge in [-0.3, -0.25) is 0 Å². The number of aliphatic hydroxyl groups is 1. The fraction of sp³-hybridized carbons (Fsp3) is 0.867. The molecule has 0 aromatic carbocycles. The Morgan fingerprint density at radius 2 is 2.00 bits per heavy atom. The second kappa shape index (κ2) is 3.87. The Kier molecular flexibility index (Phi) is 2.94. The highest BCUT2D eigenvalue weighted by atomic mass is 16.3. The first-order valence-corrected chi connectivity index (χ1v) is 6.72. The smallest absolute Gasteiger partial charge is 0.0652 e. The second-order valence-electron chi connectivity index (χ2n) is 6.84. The summed E-state index contributed by atoms with van der Waals surface area (Å²) >= 11 is 0. The van der Waals surface area contributed by atoms with E-state index in [2.05, 4.69) is 33.8 Å². The summed E-state index contributed by atoms with van der Waals surface area (Å²) in [6.45, 7) is 9.03. The number of hydrogen-bond acceptors (Lipinski definition) is 1. The molecule has 1 heteroatoms. The largest absolute Gasteiger partial charge is 0.392 e. The van der Waals surface area contributed by atoms with E-state index < -0.39 is 0 Å². The van der Waals surface area contributed by atoms with Crippen molar-refractivity contribution in [2.75, 3.05) is 0 Å². The van der Waals surface area contributed by atoms with Crippen LogP contribution in [0.1, 0.15) is 59.8 Å². The Hall–Kier alpha value is -0.300. The third-order valence-corrected chi connectivity index (χ3v) is 5.19. The molecule has 0 amide bonds. The van der Waals surface area contributed by atoms with Gasteiger partial charge in [0, 0.05) is 5.41 Å². The predicted molar refractivity (Wildman–Crippen MR) is 68.2 cm³/mol. The van der Waals surface area contributed by atoms with Crippen molar-refractivity contribution in [3.05, 3.63) is 11.6 Å². The molecule has 0 saturated heterocycles. The molecule has 16 heavy (non-hydrogen) atoms. The molecule has 0 aromatic rings. The summed E-state index contributed by atoms with van der Waals surface area (Å²) in [5.41, 5.74) is 1.78. The zero-order valence-electron chi connectivity index (χ0n) is 11.2. The first kappa shape index (κ1) is 12.2. The Morgan fingerprint density at radius 1 is 1.31 bits per heavy atom. The minimum Gasteiger partial charge on any atom is -0.392 e. The van der Waals surface area contributed by atoms with E-state index in [9.17, 15) is 5.11 Å². The zero-order chi connectivity index (χ0) is 12.0. The van der Waals surface area contributed by atoms with E-state index in [1.807, 2.05) is 0 Å². The minimum absolute atomic E-state index is 0.103. The van der Waals surface area contributed by atoms with Crippen LogP contribution in [0.25, 0.3) is 0 Å². The lowest BCUT2D eigenvalue weighted by atomic mass is 9.53. The molecule has 3 unspecified atom stereocenters. The molecule has 2 aliphatic carbocycles. The SMILES string of the molecule is CC1=CCC2(CCCC(C)(C)C2O)C(C)C1. The molecule has 2 aliphatic rings. The molecule has 1 saturated carbocycles. The molecule has 1 spiro atoms. The molecule has 92 valence electrons. The highest BCUT2D eigenvalue weighted by molar-refractivity contribution is 5.14. The summed E-state index contributed by atoms with van der Waals surface area (Å²) in [6, 6.07) is 0. The summed E-state index contributed by atoms with van der Waals surface area (Å²) in [5.74, 6) is 0.632. The van der Waals surface area contributed by atoms with Gasteiger partial charge < -0.3 is 5.11 Å². The van der Waals surface area contributed by atoms with E-state index in [4.69, 9.17) is 0 Å². The van der Waals surface area contributed by atoms with E-state index >= 15 is 0 Å². The van der Waals surface area contributed by atoms with Gasteiger partial charge in [0.15, 0.2) is 0 Å². The molecule has 3 atom stereocenters. The molecular formula is C15H26O. The molecule has 0 heterocycles. The highest BCUT2D eigenvalue weighted by Gasteiger charge is 2.51. The van der Waals surface area contributed by atoms with Crippen LogP contribution < -0.4 is 0 Å². The monoisotopic (exact) mass is 222 g/mol. The van der Waals surface area contributed by atoms with Gasteiger partial charge in [0.25, 0.3) is 0 Å². The van der Waals surface area contributed by atoms with E-state index in [1.54, 1.807) is 0 Å². The summed E-state index contributed by atoms with van der Waals surface area (Å²) in [5, 5.41) is 10.7. The van der Waals surface area contributed by atoms with Gasteiger partial charge in [-0.1, -0.05) is 38.8 Å². The van der Waals surface area contributed by atoms with Crippen molar-refractivity contribution in [3.8, 4) is 0 Å². The van der Waals surface area contributed by atoms with Crippen molar-refractivity contribution in [3.63, 3.8) is 0 Å². The van der Waals surface area contributed by atoms with Gasteiger partial charge in [-0.05, 0) is 43.9 Å². The van der Waals surface area contributed by atoms with Gasteiger partial charge in [0.05, 0.1) is 6.10 Å². The average molecular weight is 222 g/mol. The second-order valence-corrected chi connectivity index (χ2v) is 6.84. The van der Waals surface area contributed by atoms with Crippen LogP contribution in [-0.4, -0.2) is 11.2 Å². The van der Waals surface area contributed by atoms with Crippen LogP contribution in [-0.2, 0) is 0 Å². The Labute approximate surface area is 99.9 Å². The van der Waals surface area contributed by atoms with Crippen LogP contribution in [0.2, 0.25) is 0 Å². The standard InChI is InChI=1S/C15H26O/c1-11-6-9-15(12(2)10-11)8-5-7-14(3,4)13(15)16/h6,12-13,16H,5,7-10H2,1-4H3. The minimum atomic E-state index is -0.131. The van der Waals surface area contributed by atoms with Crippen LogP contribution in [0.3, 0.4) is 0 Å². The third-order valence-electron chi connectivity index (χ3n) is 5.19. The summed E-state index contributed by atoms with van der Waals surface area (Å²) in [6.07, 6.45) is 8.16. The Balaban J connectivity index is 2.30. The van der Waals surface area contributed by atoms with Gasteiger partial charge in [-0.15, -0.1) is 0 Å². The lowest BCUT2D eigenvalue weighted by molar-refractivity contribution is -0.120. The van der Waals surface area contributed by atoms with E-state index in [1.165, 1.54) is 31.3 Å². The Morgan fingerprint density at radius 3 is 2.62 bits per heavy atom. The maximum absolute atomic E-state index is 10.7. The topological polar surface area (TPSA) is 20.2 Å². The molecule has 0 aliphatic heterocycles. The average Bonchev–Trinajstić information content (AvgIpc) is 2.19. The van der Waals surface area contributed by atoms with Crippen LogP contribution in [0.4, 0.5) is 0 Å². The van der Waals surface area contributed by atoms with E-state index in [0.29, 0.717) is 5.92 Å². The summed E-state index contributed by atoms with van der Waals surface area (Å²) in [4.78, 5) is 0. The summed E-state index contributed by atoms with van der Waals surface area (Å²) in [7, 11) is 0. The van der Waals surface area contributed by atoms with E-state index in [-0.39, 0.29) is 16.9 Å². The van der Waals surface area contributed by atoms with Crippen LogP contribution in [0, 0.1) is 16.7 Å².